The number of carbonyl (C=O) groups excluding carboxylic acids is 2. The van der Waals surface area contributed by atoms with Crippen molar-refractivity contribution >= 4 is 22.7 Å². The Morgan fingerprint density at radius 1 is 1.00 bits per heavy atom. The Kier molecular flexibility index (Phi) is 4.55. The van der Waals surface area contributed by atoms with Crippen LogP contribution in [0.4, 0.5) is 0 Å². The molecule has 0 N–H and O–H groups in total. The number of hydrogen-bond acceptors (Lipinski definition) is 4. The predicted molar refractivity (Wildman–Crippen MR) is 89.6 cm³/mol. The van der Waals surface area contributed by atoms with Gasteiger partial charge in [-0.1, -0.05) is 30.8 Å². The van der Waals surface area contributed by atoms with Gasteiger partial charge in [-0.15, -0.1) is 0 Å². The van der Waals surface area contributed by atoms with Crippen molar-refractivity contribution in [3.63, 3.8) is 0 Å². The Morgan fingerprint density at radius 3 is 2.22 bits per heavy atom. The summed E-state index contributed by atoms with van der Waals surface area (Å²) in [6.07, 6.45) is 0. The number of benzene rings is 2. The normalized spacial score (nSPS) is 11.1. The molecular formula is C19H20O4. The zero-order valence-corrected chi connectivity index (χ0v) is 13.8. The molecule has 0 bridgehead atoms. The lowest BCUT2D eigenvalue weighted by Crippen LogP contribution is -2.24. The molecule has 23 heavy (non-hydrogen) atoms. The summed E-state index contributed by atoms with van der Waals surface area (Å²) in [5.74, 6) is -0.521. The first kappa shape index (κ1) is 16.7. The van der Waals surface area contributed by atoms with E-state index in [1.165, 1.54) is 0 Å². The first-order valence-electron chi connectivity index (χ1n) is 7.32. The van der Waals surface area contributed by atoms with Crippen molar-refractivity contribution in [2.45, 2.75) is 33.3 Å². The summed E-state index contributed by atoms with van der Waals surface area (Å²) >= 11 is 0. The maximum Gasteiger partial charge on any atom is 0.339 e. The summed E-state index contributed by atoms with van der Waals surface area (Å²) in [6.45, 7) is 10.6. The van der Waals surface area contributed by atoms with Crippen LogP contribution < -0.4 is 4.74 Å². The van der Waals surface area contributed by atoms with Gasteiger partial charge in [0.1, 0.15) is 11.4 Å². The number of hydrogen-bond donors (Lipinski definition) is 0. The molecule has 4 nitrogen and oxygen atoms in total. The molecule has 2 aromatic rings. The molecule has 0 aliphatic carbocycles. The molecule has 0 radical (unpaired) electrons. The van der Waals surface area contributed by atoms with Crippen LogP contribution in [0.5, 0.6) is 5.75 Å². The second kappa shape index (κ2) is 6.24. The average Bonchev–Trinajstić information content (AvgIpc) is 2.45. The molecule has 120 valence electrons. The van der Waals surface area contributed by atoms with Crippen LogP contribution in [-0.4, -0.2) is 17.5 Å². The second-order valence-electron chi connectivity index (χ2n) is 6.33. The molecule has 0 aliphatic rings. The molecule has 0 aliphatic heterocycles. The Bertz CT molecular complexity index is 782. The van der Waals surface area contributed by atoms with E-state index in [0.717, 1.165) is 0 Å². The van der Waals surface area contributed by atoms with Crippen LogP contribution in [0, 0.1) is 0 Å². The van der Waals surface area contributed by atoms with E-state index in [4.69, 9.17) is 9.47 Å². The van der Waals surface area contributed by atoms with Gasteiger partial charge in [0.15, 0.2) is 0 Å². The van der Waals surface area contributed by atoms with E-state index in [-0.39, 0.29) is 0 Å². The van der Waals surface area contributed by atoms with Crippen LogP contribution in [-0.2, 0) is 9.53 Å². The van der Waals surface area contributed by atoms with Crippen LogP contribution in [0.2, 0.25) is 0 Å². The Balaban J connectivity index is 2.48. The quantitative estimate of drug-likeness (QED) is 0.482. The highest BCUT2D eigenvalue weighted by Crippen LogP contribution is 2.29. The lowest BCUT2D eigenvalue weighted by molar-refractivity contribution is -0.129. The summed E-state index contributed by atoms with van der Waals surface area (Å²) < 4.78 is 10.8. The van der Waals surface area contributed by atoms with Crippen molar-refractivity contribution < 1.29 is 19.1 Å². The number of fused-ring (bicyclic) bond motifs is 1. The fraction of sp³-hybridized carbons (Fsp3) is 0.263. The first-order valence-corrected chi connectivity index (χ1v) is 7.32. The summed E-state index contributed by atoms with van der Waals surface area (Å²) in [6, 6.07) is 10.4. The van der Waals surface area contributed by atoms with Gasteiger partial charge < -0.3 is 9.47 Å². The second-order valence-corrected chi connectivity index (χ2v) is 6.33. The monoisotopic (exact) mass is 312 g/mol. The van der Waals surface area contributed by atoms with E-state index in [1.807, 2.05) is 20.8 Å². The molecule has 0 fully saturated rings. The maximum absolute atomic E-state index is 12.4. The molecule has 0 heterocycles. The van der Waals surface area contributed by atoms with Crippen molar-refractivity contribution in [3.05, 3.63) is 54.1 Å². The lowest BCUT2D eigenvalue weighted by Gasteiger charge is -2.20. The third kappa shape index (κ3) is 3.97. The standard InChI is InChI=1S/C19H20O4/c1-12(2)17(20)22-16-11-7-8-13-14(16)9-6-10-15(13)18(21)23-19(3,4)5/h6-11H,1H2,2-5H3. The highest BCUT2D eigenvalue weighted by atomic mass is 16.6. The van der Waals surface area contributed by atoms with E-state index in [9.17, 15) is 9.59 Å². The van der Waals surface area contributed by atoms with Gasteiger partial charge in [-0.25, -0.2) is 9.59 Å². The van der Waals surface area contributed by atoms with Crippen LogP contribution in [0.3, 0.4) is 0 Å². The number of carbonyl (C=O) groups is 2. The number of ether oxygens (including phenoxy) is 2. The molecule has 4 heteroatoms. The summed E-state index contributed by atoms with van der Waals surface area (Å²) in [7, 11) is 0. The topological polar surface area (TPSA) is 52.6 Å². The van der Waals surface area contributed by atoms with Gasteiger partial charge in [-0.2, -0.15) is 0 Å². The summed E-state index contributed by atoms with van der Waals surface area (Å²) in [4.78, 5) is 24.1. The van der Waals surface area contributed by atoms with E-state index >= 15 is 0 Å². The minimum absolute atomic E-state index is 0.310. The molecule has 0 amide bonds. The average molecular weight is 312 g/mol. The third-order valence-electron chi connectivity index (χ3n) is 3.05. The third-order valence-corrected chi connectivity index (χ3v) is 3.05. The van der Waals surface area contributed by atoms with Crippen LogP contribution in [0.25, 0.3) is 10.8 Å². The van der Waals surface area contributed by atoms with Gasteiger partial charge in [0.2, 0.25) is 0 Å². The van der Waals surface area contributed by atoms with Gasteiger partial charge in [-0.3, -0.25) is 0 Å². The molecule has 0 saturated heterocycles. The van der Waals surface area contributed by atoms with Gasteiger partial charge in [0.05, 0.1) is 5.56 Å². The van der Waals surface area contributed by atoms with E-state index in [2.05, 4.69) is 6.58 Å². The first-order chi connectivity index (χ1) is 10.7. The van der Waals surface area contributed by atoms with Crippen LogP contribution in [0.15, 0.2) is 48.6 Å². The molecule has 2 aromatic carbocycles. The Hall–Kier alpha value is -2.62. The van der Waals surface area contributed by atoms with Crippen molar-refractivity contribution in [2.24, 2.45) is 0 Å². The molecule has 0 aromatic heterocycles. The zero-order valence-electron chi connectivity index (χ0n) is 13.8. The highest BCUT2D eigenvalue weighted by molar-refractivity contribution is 6.06. The minimum Gasteiger partial charge on any atom is -0.456 e. The molecule has 0 saturated carbocycles. The molecule has 0 spiro atoms. The minimum atomic E-state index is -0.580. The SMILES string of the molecule is C=C(C)C(=O)Oc1cccc2c(C(=O)OC(C)(C)C)cccc12. The smallest absolute Gasteiger partial charge is 0.339 e. The molecule has 0 atom stereocenters. The fourth-order valence-electron chi connectivity index (χ4n) is 2.07. The van der Waals surface area contributed by atoms with Crippen molar-refractivity contribution in [3.8, 4) is 5.75 Å². The van der Waals surface area contributed by atoms with E-state index in [0.29, 0.717) is 27.7 Å². The van der Waals surface area contributed by atoms with E-state index < -0.39 is 17.5 Å². The summed E-state index contributed by atoms with van der Waals surface area (Å²) in [5.41, 5.74) is 0.166. The molecular weight excluding hydrogens is 292 g/mol. The van der Waals surface area contributed by atoms with Gasteiger partial charge in [0, 0.05) is 11.0 Å². The Labute approximate surface area is 135 Å². The van der Waals surface area contributed by atoms with E-state index in [1.54, 1.807) is 43.3 Å². The fourth-order valence-corrected chi connectivity index (χ4v) is 2.07. The van der Waals surface area contributed by atoms with Crippen molar-refractivity contribution in [2.75, 3.05) is 0 Å². The van der Waals surface area contributed by atoms with Crippen LogP contribution >= 0.6 is 0 Å². The van der Waals surface area contributed by atoms with Crippen LogP contribution in [0.1, 0.15) is 38.1 Å². The number of rotatable bonds is 3. The van der Waals surface area contributed by atoms with Gasteiger partial charge in [-0.05, 0) is 45.2 Å². The maximum atomic E-state index is 12.4. The zero-order chi connectivity index (χ0) is 17.2. The largest absolute Gasteiger partial charge is 0.456 e. The highest BCUT2D eigenvalue weighted by Gasteiger charge is 2.20. The lowest BCUT2D eigenvalue weighted by atomic mass is 10.0. The number of esters is 2. The van der Waals surface area contributed by atoms with Gasteiger partial charge >= 0.3 is 11.9 Å². The van der Waals surface area contributed by atoms with Crippen molar-refractivity contribution in [1.29, 1.82) is 0 Å². The predicted octanol–water partition coefficient (Wildman–Crippen LogP) is 4.28. The van der Waals surface area contributed by atoms with Gasteiger partial charge in [0.25, 0.3) is 0 Å². The molecule has 0 unspecified atom stereocenters. The Morgan fingerprint density at radius 2 is 1.61 bits per heavy atom. The van der Waals surface area contributed by atoms with Crippen molar-refractivity contribution in [1.82, 2.24) is 0 Å². The summed E-state index contributed by atoms with van der Waals surface area (Å²) in [5, 5.41) is 1.35. The molecule has 2 rings (SSSR count).